The van der Waals surface area contributed by atoms with Gasteiger partial charge in [0.2, 0.25) is 0 Å². The topological polar surface area (TPSA) is 30.5 Å². The molecule has 0 aliphatic carbocycles. The van der Waals surface area contributed by atoms with E-state index in [1.165, 1.54) is 18.4 Å². The molecule has 2 unspecified atom stereocenters. The van der Waals surface area contributed by atoms with Gasteiger partial charge in [-0.1, -0.05) is 22.9 Å². The molecular formula is C16H24BrNO2. The van der Waals surface area contributed by atoms with Crippen molar-refractivity contribution in [3.63, 3.8) is 0 Å². The Morgan fingerprint density at radius 3 is 3.05 bits per heavy atom. The first-order valence-corrected chi connectivity index (χ1v) is 8.21. The van der Waals surface area contributed by atoms with Gasteiger partial charge in [-0.15, -0.1) is 0 Å². The van der Waals surface area contributed by atoms with Crippen molar-refractivity contribution in [1.82, 2.24) is 5.32 Å². The average molecular weight is 342 g/mol. The molecule has 20 heavy (non-hydrogen) atoms. The molecule has 0 aromatic heterocycles. The molecule has 1 saturated heterocycles. The minimum Gasteiger partial charge on any atom is -0.497 e. The summed E-state index contributed by atoms with van der Waals surface area (Å²) in [4.78, 5) is 0. The molecule has 112 valence electrons. The quantitative estimate of drug-likeness (QED) is 0.795. The fourth-order valence-corrected chi connectivity index (χ4v) is 3.20. The van der Waals surface area contributed by atoms with E-state index >= 15 is 0 Å². The predicted octanol–water partition coefficient (Wildman–Crippen LogP) is 3.93. The van der Waals surface area contributed by atoms with Gasteiger partial charge >= 0.3 is 0 Å². The molecule has 1 heterocycles. The highest BCUT2D eigenvalue weighted by Crippen LogP contribution is 2.38. The number of rotatable bonds is 6. The van der Waals surface area contributed by atoms with Gasteiger partial charge in [0.1, 0.15) is 5.75 Å². The van der Waals surface area contributed by atoms with E-state index in [-0.39, 0.29) is 6.10 Å². The Morgan fingerprint density at radius 1 is 1.45 bits per heavy atom. The van der Waals surface area contributed by atoms with Crippen molar-refractivity contribution in [2.45, 2.75) is 32.3 Å². The highest BCUT2D eigenvalue weighted by molar-refractivity contribution is 9.10. The third-order valence-corrected chi connectivity index (χ3v) is 4.51. The highest BCUT2D eigenvalue weighted by atomic mass is 79.9. The normalized spacial score (nSPS) is 22.8. The summed E-state index contributed by atoms with van der Waals surface area (Å²) < 4.78 is 12.5. The van der Waals surface area contributed by atoms with Crippen molar-refractivity contribution in [2.24, 2.45) is 5.92 Å². The van der Waals surface area contributed by atoms with E-state index < -0.39 is 0 Å². The van der Waals surface area contributed by atoms with E-state index in [9.17, 15) is 0 Å². The minimum atomic E-state index is 0.151. The van der Waals surface area contributed by atoms with Crippen LogP contribution in [0.4, 0.5) is 0 Å². The monoisotopic (exact) mass is 341 g/mol. The first-order valence-electron chi connectivity index (χ1n) is 7.42. The van der Waals surface area contributed by atoms with Crippen molar-refractivity contribution in [3.05, 3.63) is 28.2 Å². The molecule has 0 bridgehead atoms. The van der Waals surface area contributed by atoms with Crippen LogP contribution in [0.25, 0.3) is 0 Å². The van der Waals surface area contributed by atoms with Crippen LogP contribution >= 0.6 is 15.9 Å². The summed E-state index contributed by atoms with van der Waals surface area (Å²) in [6.45, 7) is 5.13. The van der Waals surface area contributed by atoms with Crippen molar-refractivity contribution >= 4 is 15.9 Å². The third kappa shape index (κ3) is 3.96. The Hall–Kier alpha value is -0.580. The minimum absolute atomic E-state index is 0.151. The summed E-state index contributed by atoms with van der Waals surface area (Å²) in [7, 11) is 1.70. The maximum absolute atomic E-state index is 6.06. The summed E-state index contributed by atoms with van der Waals surface area (Å²) >= 11 is 3.65. The number of methoxy groups -OCH3 is 1. The molecule has 1 N–H and O–H groups in total. The summed E-state index contributed by atoms with van der Waals surface area (Å²) in [5, 5.41) is 3.53. The molecule has 2 rings (SSSR count). The van der Waals surface area contributed by atoms with Crippen molar-refractivity contribution in [2.75, 3.05) is 26.8 Å². The Kier molecular flexibility index (Phi) is 6.33. The molecule has 0 radical (unpaired) electrons. The lowest BCUT2D eigenvalue weighted by atomic mass is 9.89. The number of halogens is 1. The lowest BCUT2D eigenvalue weighted by Gasteiger charge is -2.33. The molecule has 1 aromatic rings. The SMILES string of the molecule is CCCNCC1CCCOC1c1cc(OC)ccc1Br. The first-order chi connectivity index (χ1) is 9.76. The molecule has 0 spiro atoms. The predicted molar refractivity (Wildman–Crippen MR) is 85.3 cm³/mol. The fourth-order valence-electron chi connectivity index (χ4n) is 2.73. The highest BCUT2D eigenvalue weighted by Gasteiger charge is 2.28. The molecular weight excluding hydrogens is 318 g/mol. The van der Waals surface area contributed by atoms with Crippen LogP contribution in [-0.4, -0.2) is 26.8 Å². The Bertz CT molecular complexity index is 425. The van der Waals surface area contributed by atoms with Crippen molar-refractivity contribution < 1.29 is 9.47 Å². The van der Waals surface area contributed by atoms with E-state index in [2.05, 4.69) is 34.2 Å². The number of nitrogens with one attached hydrogen (secondary N) is 1. The first kappa shape index (κ1) is 15.8. The Balaban J connectivity index is 2.14. The van der Waals surface area contributed by atoms with Gasteiger partial charge in [0, 0.05) is 23.5 Å². The van der Waals surface area contributed by atoms with Gasteiger partial charge in [-0.3, -0.25) is 0 Å². The van der Waals surface area contributed by atoms with Crippen LogP contribution < -0.4 is 10.1 Å². The zero-order chi connectivity index (χ0) is 14.4. The van der Waals surface area contributed by atoms with E-state index in [1.807, 2.05) is 12.1 Å². The zero-order valence-electron chi connectivity index (χ0n) is 12.3. The van der Waals surface area contributed by atoms with Crippen LogP contribution in [-0.2, 0) is 4.74 Å². The second kappa shape index (κ2) is 8.01. The number of benzene rings is 1. The van der Waals surface area contributed by atoms with Crippen LogP contribution in [0.1, 0.15) is 37.9 Å². The fraction of sp³-hybridized carbons (Fsp3) is 0.625. The van der Waals surface area contributed by atoms with E-state index in [0.717, 1.165) is 36.3 Å². The van der Waals surface area contributed by atoms with Crippen LogP contribution in [0.15, 0.2) is 22.7 Å². The van der Waals surface area contributed by atoms with E-state index in [0.29, 0.717) is 5.92 Å². The number of hydrogen-bond acceptors (Lipinski definition) is 3. The maximum atomic E-state index is 6.06. The Labute approximate surface area is 130 Å². The van der Waals surface area contributed by atoms with E-state index in [1.54, 1.807) is 7.11 Å². The van der Waals surface area contributed by atoms with Gasteiger partial charge in [0.15, 0.2) is 0 Å². The van der Waals surface area contributed by atoms with Gasteiger partial charge < -0.3 is 14.8 Å². The smallest absolute Gasteiger partial charge is 0.119 e. The second-order valence-electron chi connectivity index (χ2n) is 5.29. The van der Waals surface area contributed by atoms with Gasteiger partial charge in [-0.25, -0.2) is 0 Å². The molecule has 1 aromatic carbocycles. The molecule has 1 aliphatic heterocycles. The van der Waals surface area contributed by atoms with Gasteiger partial charge in [0.25, 0.3) is 0 Å². The molecule has 1 fully saturated rings. The van der Waals surface area contributed by atoms with Gasteiger partial charge in [0.05, 0.1) is 13.2 Å². The van der Waals surface area contributed by atoms with Crippen LogP contribution in [0, 0.1) is 5.92 Å². The summed E-state index contributed by atoms with van der Waals surface area (Å²) in [5.41, 5.74) is 1.20. The van der Waals surface area contributed by atoms with Crippen LogP contribution in [0.3, 0.4) is 0 Å². The summed E-state index contributed by atoms with van der Waals surface area (Å²) in [5.74, 6) is 1.41. The van der Waals surface area contributed by atoms with Crippen LogP contribution in [0.2, 0.25) is 0 Å². The molecule has 0 saturated carbocycles. The van der Waals surface area contributed by atoms with Gasteiger partial charge in [-0.05, 0) is 49.6 Å². The molecule has 3 nitrogen and oxygen atoms in total. The maximum Gasteiger partial charge on any atom is 0.119 e. The zero-order valence-corrected chi connectivity index (χ0v) is 13.9. The average Bonchev–Trinajstić information content (AvgIpc) is 2.49. The second-order valence-corrected chi connectivity index (χ2v) is 6.14. The standard InChI is InChI=1S/C16H24BrNO2/c1-3-8-18-11-12-5-4-9-20-16(12)14-10-13(19-2)6-7-15(14)17/h6-7,10,12,16,18H,3-5,8-9,11H2,1-2H3. The van der Waals surface area contributed by atoms with E-state index in [4.69, 9.17) is 9.47 Å². The molecule has 1 aliphatic rings. The third-order valence-electron chi connectivity index (χ3n) is 3.79. The molecule has 0 amide bonds. The van der Waals surface area contributed by atoms with Crippen molar-refractivity contribution in [3.8, 4) is 5.75 Å². The van der Waals surface area contributed by atoms with Crippen molar-refractivity contribution in [1.29, 1.82) is 0 Å². The lowest BCUT2D eigenvalue weighted by molar-refractivity contribution is -0.0282. The van der Waals surface area contributed by atoms with Crippen LogP contribution in [0.5, 0.6) is 5.75 Å². The molecule has 4 heteroatoms. The summed E-state index contributed by atoms with van der Waals surface area (Å²) in [6, 6.07) is 6.11. The lowest BCUT2D eigenvalue weighted by Crippen LogP contribution is -2.32. The summed E-state index contributed by atoms with van der Waals surface area (Å²) in [6.07, 6.45) is 3.68. The van der Waals surface area contributed by atoms with Gasteiger partial charge in [-0.2, -0.15) is 0 Å². The Morgan fingerprint density at radius 2 is 2.30 bits per heavy atom. The molecule has 2 atom stereocenters. The number of hydrogen-bond donors (Lipinski definition) is 1. The largest absolute Gasteiger partial charge is 0.497 e. The number of ether oxygens (including phenoxy) is 2.